The smallest absolute Gasteiger partial charge is 0.212 e. The molecule has 2 heterocycles. The minimum Gasteiger partial charge on any atom is -1.00 e. The van der Waals surface area contributed by atoms with Crippen molar-refractivity contribution in [3.63, 3.8) is 0 Å². The molecule has 25 heavy (non-hydrogen) atoms. The summed E-state index contributed by atoms with van der Waals surface area (Å²) in [6.07, 6.45) is 5.77. The molecule has 2 N–H and O–H groups in total. The van der Waals surface area contributed by atoms with Crippen molar-refractivity contribution in [1.82, 2.24) is 10.7 Å². The van der Waals surface area contributed by atoms with Crippen molar-refractivity contribution in [2.24, 2.45) is 17.1 Å². The Labute approximate surface area is 168 Å². The first-order chi connectivity index (χ1) is 11.3. The van der Waals surface area contributed by atoms with Gasteiger partial charge in [-0.3, -0.25) is 0 Å². The lowest BCUT2D eigenvalue weighted by Gasteiger charge is -2.06. The fraction of sp³-hybridized carbons (Fsp3) is 0.235. The van der Waals surface area contributed by atoms with Crippen LogP contribution in [0.1, 0.15) is 11.1 Å². The summed E-state index contributed by atoms with van der Waals surface area (Å²) in [7, 11) is 2.00. The predicted octanol–water partition coefficient (Wildman–Crippen LogP) is -1.45. The molecule has 0 saturated heterocycles. The van der Waals surface area contributed by atoms with E-state index >= 15 is 0 Å². The number of ether oxygens (including phenoxy) is 1. The Balaban J connectivity index is 0.00000156. The minimum absolute atomic E-state index is 0. The van der Waals surface area contributed by atoms with Crippen molar-refractivity contribution in [3.05, 3.63) is 59.9 Å². The fourth-order valence-corrected chi connectivity index (χ4v) is 2.09. The van der Waals surface area contributed by atoms with E-state index in [2.05, 4.69) is 20.8 Å². The Hall–Kier alpha value is -1.93. The number of hydrazone groups is 1. The van der Waals surface area contributed by atoms with E-state index in [0.717, 1.165) is 35.9 Å². The number of aryl methyl sites for hydroxylation is 1. The Kier molecular flexibility index (Phi) is 9.15. The van der Waals surface area contributed by atoms with Crippen LogP contribution in [0, 0.1) is 0 Å². The second-order valence-electron chi connectivity index (χ2n) is 5.26. The van der Waals surface area contributed by atoms with Crippen LogP contribution in [0.3, 0.4) is 0 Å². The van der Waals surface area contributed by atoms with Crippen molar-refractivity contribution >= 4 is 29.2 Å². The van der Waals surface area contributed by atoms with Crippen molar-refractivity contribution < 1.29 is 26.3 Å². The molecular formula is C17H21Br2N5O. The predicted molar refractivity (Wildman–Crippen MR) is 99.7 cm³/mol. The van der Waals surface area contributed by atoms with E-state index in [-0.39, 0.29) is 34.0 Å². The molecule has 1 aliphatic rings. The molecule has 0 fully saturated rings. The Bertz CT molecular complexity index is 702. The van der Waals surface area contributed by atoms with Crippen molar-refractivity contribution in [2.75, 3.05) is 13.1 Å². The van der Waals surface area contributed by atoms with Gasteiger partial charge in [0.2, 0.25) is 5.96 Å². The van der Waals surface area contributed by atoms with Crippen LogP contribution in [0.2, 0.25) is 0 Å². The number of hydrogen-bond acceptors (Lipinski definition) is 5. The number of nitrogens with zero attached hydrogens (tertiary/aromatic N) is 3. The molecular weight excluding hydrogens is 450 g/mol. The molecule has 8 heteroatoms. The van der Waals surface area contributed by atoms with Gasteiger partial charge in [-0.1, -0.05) is 0 Å². The second kappa shape index (κ2) is 10.8. The zero-order chi connectivity index (χ0) is 15.9. The van der Waals surface area contributed by atoms with Gasteiger partial charge in [-0.15, -0.1) is 17.0 Å². The highest BCUT2D eigenvalue weighted by Gasteiger charge is 2.01. The highest BCUT2D eigenvalue weighted by Crippen LogP contribution is 2.13. The Morgan fingerprint density at radius 1 is 1.24 bits per heavy atom. The first kappa shape index (κ1) is 21.1. The maximum Gasteiger partial charge on any atom is 0.212 e. The van der Waals surface area contributed by atoms with Crippen LogP contribution >= 0.6 is 17.0 Å². The maximum absolute atomic E-state index is 5.77. The lowest BCUT2D eigenvalue weighted by atomic mass is 10.2. The first-order valence-corrected chi connectivity index (χ1v) is 7.54. The monoisotopic (exact) mass is 469 g/mol. The zero-order valence-corrected chi connectivity index (χ0v) is 17.2. The van der Waals surface area contributed by atoms with Gasteiger partial charge < -0.3 is 27.0 Å². The van der Waals surface area contributed by atoms with Gasteiger partial charge in [0, 0.05) is 24.2 Å². The molecule has 134 valence electrons. The van der Waals surface area contributed by atoms with Crippen LogP contribution in [-0.2, 0) is 13.7 Å². The average Bonchev–Trinajstić information content (AvgIpc) is 3.09. The molecule has 0 aliphatic carbocycles. The standard InChI is InChI=1S/C17H20N5O.2BrH/c1-22-10-6-15(7-11-22)13-23-16-4-2-14(3-5-16)12-20-21-17-18-8-9-19-17;;/h2-7,10-12H,8-9,13H2,1H3,(H2,18,19,21);2*1H/q+1;;/p-1/b20-12+;;. The summed E-state index contributed by atoms with van der Waals surface area (Å²) in [5, 5.41) is 7.24. The third-order valence-electron chi connectivity index (χ3n) is 3.39. The molecule has 1 aliphatic heterocycles. The molecule has 0 bridgehead atoms. The third kappa shape index (κ3) is 6.83. The molecule has 3 rings (SSSR count). The third-order valence-corrected chi connectivity index (χ3v) is 3.39. The van der Waals surface area contributed by atoms with Crippen LogP contribution in [0.15, 0.2) is 58.9 Å². The molecule has 1 aromatic carbocycles. The van der Waals surface area contributed by atoms with Gasteiger partial charge in [0.15, 0.2) is 12.4 Å². The van der Waals surface area contributed by atoms with Crippen LogP contribution in [0.25, 0.3) is 0 Å². The number of aromatic nitrogens is 1. The van der Waals surface area contributed by atoms with Gasteiger partial charge >= 0.3 is 0 Å². The normalized spacial score (nSPS) is 12.6. The fourth-order valence-electron chi connectivity index (χ4n) is 2.09. The van der Waals surface area contributed by atoms with Gasteiger partial charge in [-0.05, 0) is 29.8 Å². The van der Waals surface area contributed by atoms with Crippen molar-refractivity contribution in [3.8, 4) is 5.75 Å². The topological polar surface area (TPSA) is 61.9 Å². The van der Waals surface area contributed by atoms with Crippen LogP contribution in [0.4, 0.5) is 0 Å². The summed E-state index contributed by atoms with van der Waals surface area (Å²) < 4.78 is 7.77. The largest absolute Gasteiger partial charge is 1.00 e. The van der Waals surface area contributed by atoms with E-state index < -0.39 is 0 Å². The molecule has 1 aromatic heterocycles. The quantitative estimate of drug-likeness (QED) is 0.319. The van der Waals surface area contributed by atoms with E-state index in [1.54, 1.807) is 6.21 Å². The summed E-state index contributed by atoms with van der Waals surface area (Å²) in [6.45, 7) is 2.22. The van der Waals surface area contributed by atoms with Crippen LogP contribution in [-0.4, -0.2) is 25.3 Å². The summed E-state index contributed by atoms with van der Waals surface area (Å²) in [4.78, 5) is 4.20. The van der Waals surface area contributed by atoms with Gasteiger partial charge in [0.1, 0.15) is 19.4 Å². The molecule has 0 radical (unpaired) electrons. The van der Waals surface area contributed by atoms with Gasteiger partial charge in [-0.2, -0.15) is 5.10 Å². The highest BCUT2D eigenvalue weighted by molar-refractivity contribution is 8.93. The van der Waals surface area contributed by atoms with Crippen molar-refractivity contribution in [1.29, 1.82) is 0 Å². The summed E-state index contributed by atoms with van der Waals surface area (Å²) >= 11 is 0. The van der Waals surface area contributed by atoms with E-state index in [1.165, 1.54) is 0 Å². The summed E-state index contributed by atoms with van der Waals surface area (Å²) in [5.41, 5.74) is 5.01. The molecule has 0 saturated carbocycles. The van der Waals surface area contributed by atoms with Crippen molar-refractivity contribution in [2.45, 2.75) is 6.61 Å². The number of pyridine rings is 1. The number of halogens is 2. The highest BCUT2D eigenvalue weighted by atomic mass is 79.9. The van der Waals surface area contributed by atoms with E-state index in [1.807, 2.05) is 60.4 Å². The summed E-state index contributed by atoms with van der Waals surface area (Å²) in [6, 6.07) is 11.9. The number of nitrogens with one attached hydrogen (secondary N) is 2. The van der Waals surface area contributed by atoms with E-state index in [9.17, 15) is 0 Å². The van der Waals surface area contributed by atoms with Crippen LogP contribution in [0.5, 0.6) is 5.75 Å². The van der Waals surface area contributed by atoms with Crippen LogP contribution < -0.4 is 37.0 Å². The Morgan fingerprint density at radius 3 is 2.60 bits per heavy atom. The SMILES string of the molecule is Br.C[n+]1ccc(COc2ccc(/C=N/NC3=NCCN3)cc2)cc1.[Br-]. The van der Waals surface area contributed by atoms with E-state index in [0.29, 0.717) is 6.61 Å². The molecule has 0 spiro atoms. The summed E-state index contributed by atoms with van der Waals surface area (Å²) in [5.74, 6) is 1.56. The lowest BCUT2D eigenvalue weighted by molar-refractivity contribution is -0.671. The zero-order valence-electron chi connectivity index (χ0n) is 13.9. The molecule has 6 nitrogen and oxygen atoms in total. The average molecular weight is 471 g/mol. The van der Waals surface area contributed by atoms with Gasteiger partial charge in [0.25, 0.3) is 0 Å². The number of guanidine groups is 1. The second-order valence-corrected chi connectivity index (χ2v) is 5.26. The number of benzene rings is 1. The Morgan fingerprint density at radius 2 is 1.96 bits per heavy atom. The minimum atomic E-state index is 0. The molecule has 2 aromatic rings. The van der Waals surface area contributed by atoms with Gasteiger partial charge in [-0.25, -0.2) is 15.0 Å². The molecule has 0 atom stereocenters. The lowest BCUT2D eigenvalue weighted by Crippen LogP contribution is -3.00. The number of aliphatic imine (C=N–C) groups is 1. The maximum atomic E-state index is 5.77. The number of rotatable bonds is 5. The molecule has 0 amide bonds. The molecule has 0 unspecified atom stereocenters. The first-order valence-electron chi connectivity index (χ1n) is 7.54. The van der Waals surface area contributed by atoms with E-state index in [4.69, 9.17) is 4.74 Å². The number of hydrogen-bond donors (Lipinski definition) is 2. The van der Waals surface area contributed by atoms with Gasteiger partial charge in [0.05, 0.1) is 12.8 Å².